The van der Waals surface area contributed by atoms with Gasteiger partial charge in [-0.2, -0.15) is 0 Å². The fourth-order valence-corrected chi connectivity index (χ4v) is 2.01. The van der Waals surface area contributed by atoms with Crippen LogP contribution in [0.4, 0.5) is 5.69 Å². The molecule has 8 heteroatoms. The molecule has 0 saturated heterocycles. The van der Waals surface area contributed by atoms with Crippen molar-refractivity contribution in [2.45, 2.75) is 12.8 Å². The predicted octanol–water partition coefficient (Wildman–Crippen LogP) is 1.37. The predicted molar refractivity (Wildman–Crippen MR) is 74.1 cm³/mol. The van der Waals surface area contributed by atoms with Gasteiger partial charge < -0.3 is 0 Å². The van der Waals surface area contributed by atoms with E-state index in [-0.39, 0.29) is 23.1 Å². The summed E-state index contributed by atoms with van der Waals surface area (Å²) in [5.74, 6) is -0.819. The van der Waals surface area contributed by atoms with Crippen LogP contribution in [-0.4, -0.2) is 16.7 Å². The monoisotopic (exact) mass is 375 g/mol. The molecule has 0 bridgehead atoms. The van der Waals surface area contributed by atoms with E-state index >= 15 is 0 Å². The molecule has 0 heterocycles. The Morgan fingerprint density at radius 1 is 1.32 bits per heavy atom. The molecule has 7 nitrogen and oxygen atoms in total. The number of amides is 2. The van der Waals surface area contributed by atoms with E-state index in [2.05, 4.69) is 10.9 Å². The highest BCUT2D eigenvalue weighted by molar-refractivity contribution is 14.1. The minimum absolute atomic E-state index is 0.0236. The van der Waals surface area contributed by atoms with E-state index in [1.807, 2.05) is 22.6 Å². The summed E-state index contributed by atoms with van der Waals surface area (Å²) in [6.45, 7) is 0. The third-order valence-electron chi connectivity index (χ3n) is 2.65. The van der Waals surface area contributed by atoms with Crippen molar-refractivity contribution < 1.29 is 14.5 Å². The van der Waals surface area contributed by atoms with Crippen molar-refractivity contribution in [3.63, 3.8) is 0 Å². The van der Waals surface area contributed by atoms with Gasteiger partial charge in [-0.15, -0.1) is 0 Å². The van der Waals surface area contributed by atoms with Gasteiger partial charge in [0, 0.05) is 21.6 Å². The molecule has 100 valence electrons. The number of hydrogen-bond donors (Lipinski definition) is 2. The Labute approximate surface area is 122 Å². The summed E-state index contributed by atoms with van der Waals surface area (Å²) in [5.41, 5.74) is 4.56. The van der Waals surface area contributed by atoms with Crippen LogP contribution in [0, 0.1) is 19.6 Å². The summed E-state index contributed by atoms with van der Waals surface area (Å²) >= 11 is 1.90. The Kier molecular flexibility index (Phi) is 3.98. The highest BCUT2D eigenvalue weighted by Gasteiger charge is 2.30. The molecule has 19 heavy (non-hydrogen) atoms. The Bertz CT molecular complexity index is 557. The standard InChI is InChI=1S/C11H10IN3O4/c12-9-4-3-7(15(18)19)5-8(9)11(17)14-13-10(16)6-1-2-6/h3-6H,1-2H2,(H,13,16)(H,14,17). The summed E-state index contributed by atoms with van der Waals surface area (Å²) < 4.78 is 0.571. The summed E-state index contributed by atoms with van der Waals surface area (Å²) in [7, 11) is 0. The third kappa shape index (κ3) is 3.40. The number of nitro benzene ring substituents is 1. The van der Waals surface area contributed by atoms with E-state index in [1.165, 1.54) is 18.2 Å². The van der Waals surface area contributed by atoms with Crippen molar-refractivity contribution in [2.24, 2.45) is 5.92 Å². The number of rotatable bonds is 3. The lowest BCUT2D eigenvalue weighted by molar-refractivity contribution is -0.384. The van der Waals surface area contributed by atoms with Crippen LogP contribution in [0.3, 0.4) is 0 Å². The third-order valence-corrected chi connectivity index (χ3v) is 3.59. The van der Waals surface area contributed by atoms with Gasteiger partial charge in [0.05, 0.1) is 10.5 Å². The quantitative estimate of drug-likeness (QED) is 0.473. The molecule has 0 unspecified atom stereocenters. The van der Waals surface area contributed by atoms with E-state index in [1.54, 1.807) is 0 Å². The second-order valence-electron chi connectivity index (χ2n) is 4.14. The molecule has 2 rings (SSSR count). The first-order valence-electron chi connectivity index (χ1n) is 5.53. The zero-order chi connectivity index (χ0) is 14.0. The van der Waals surface area contributed by atoms with Crippen molar-refractivity contribution in [2.75, 3.05) is 0 Å². The Balaban J connectivity index is 2.06. The maximum atomic E-state index is 11.8. The largest absolute Gasteiger partial charge is 0.273 e. The molecule has 1 aliphatic rings. The van der Waals surface area contributed by atoms with E-state index in [4.69, 9.17) is 0 Å². The minimum atomic E-state index is -0.574. The first-order valence-corrected chi connectivity index (χ1v) is 6.61. The summed E-state index contributed by atoms with van der Waals surface area (Å²) in [4.78, 5) is 33.3. The van der Waals surface area contributed by atoms with Crippen LogP contribution in [0.1, 0.15) is 23.2 Å². The average molecular weight is 375 g/mol. The zero-order valence-corrected chi connectivity index (χ0v) is 11.8. The Morgan fingerprint density at radius 3 is 2.58 bits per heavy atom. The van der Waals surface area contributed by atoms with Crippen molar-refractivity contribution in [1.29, 1.82) is 0 Å². The number of nitrogens with zero attached hydrogens (tertiary/aromatic N) is 1. The Hall–Kier alpha value is -1.71. The second kappa shape index (κ2) is 5.51. The van der Waals surface area contributed by atoms with Gasteiger partial charge in [-0.3, -0.25) is 30.6 Å². The highest BCUT2D eigenvalue weighted by Crippen LogP contribution is 2.28. The minimum Gasteiger partial charge on any atom is -0.273 e. The molecule has 2 N–H and O–H groups in total. The molecule has 1 aromatic carbocycles. The van der Waals surface area contributed by atoms with Crippen molar-refractivity contribution >= 4 is 40.1 Å². The smallest absolute Gasteiger partial charge is 0.271 e. The highest BCUT2D eigenvalue weighted by atomic mass is 127. The maximum Gasteiger partial charge on any atom is 0.271 e. The molecule has 0 aromatic heterocycles. The number of carbonyl (C=O) groups excluding carboxylic acids is 2. The SMILES string of the molecule is O=C(NNC(=O)C1CC1)c1cc([N+](=O)[O-])ccc1I. The van der Waals surface area contributed by atoms with Crippen LogP contribution in [0.2, 0.25) is 0 Å². The molecule has 2 amide bonds. The van der Waals surface area contributed by atoms with Crippen molar-refractivity contribution in [3.8, 4) is 0 Å². The lowest BCUT2D eigenvalue weighted by Gasteiger charge is -2.07. The number of non-ortho nitro benzene ring substituents is 1. The van der Waals surface area contributed by atoms with Gasteiger partial charge in [0.25, 0.3) is 11.6 Å². The average Bonchev–Trinajstić information content (AvgIpc) is 3.20. The van der Waals surface area contributed by atoms with Crippen LogP contribution in [0.25, 0.3) is 0 Å². The molecule has 0 aliphatic heterocycles. The van der Waals surface area contributed by atoms with Gasteiger partial charge in [-0.05, 0) is 41.5 Å². The number of hydrogen-bond acceptors (Lipinski definition) is 4. The van der Waals surface area contributed by atoms with Gasteiger partial charge in [0.15, 0.2) is 0 Å². The van der Waals surface area contributed by atoms with Crippen LogP contribution in [-0.2, 0) is 4.79 Å². The van der Waals surface area contributed by atoms with Gasteiger partial charge in [-0.25, -0.2) is 0 Å². The van der Waals surface area contributed by atoms with Crippen LogP contribution in [0.15, 0.2) is 18.2 Å². The van der Waals surface area contributed by atoms with Gasteiger partial charge in [0.2, 0.25) is 5.91 Å². The number of hydrazine groups is 1. The van der Waals surface area contributed by atoms with E-state index in [0.29, 0.717) is 3.57 Å². The molecule has 1 fully saturated rings. The molecule has 1 aliphatic carbocycles. The molecular weight excluding hydrogens is 365 g/mol. The Morgan fingerprint density at radius 2 is 2.00 bits per heavy atom. The zero-order valence-electron chi connectivity index (χ0n) is 9.68. The molecule has 0 spiro atoms. The number of carbonyl (C=O) groups is 2. The molecule has 1 saturated carbocycles. The van der Waals surface area contributed by atoms with E-state index in [0.717, 1.165) is 12.8 Å². The van der Waals surface area contributed by atoms with Crippen molar-refractivity contribution in [3.05, 3.63) is 37.4 Å². The van der Waals surface area contributed by atoms with E-state index < -0.39 is 10.8 Å². The first-order chi connectivity index (χ1) is 8.99. The van der Waals surface area contributed by atoms with Crippen LogP contribution in [0.5, 0.6) is 0 Å². The summed E-state index contributed by atoms with van der Waals surface area (Å²) in [6, 6.07) is 3.98. The van der Waals surface area contributed by atoms with Crippen LogP contribution >= 0.6 is 22.6 Å². The fraction of sp³-hybridized carbons (Fsp3) is 0.273. The summed E-state index contributed by atoms with van der Waals surface area (Å²) in [5, 5.41) is 10.7. The van der Waals surface area contributed by atoms with Crippen LogP contribution < -0.4 is 10.9 Å². The second-order valence-corrected chi connectivity index (χ2v) is 5.30. The van der Waals surface area contributed by atoms with Crippen molar-refractivity contribution in [1.82, 2.24) is 10.9 Å². The molecule has 0 radical (unpaired) electrons. The molecule has 1 aromatic rings. The number of halogens is 1. The fourth-order valence-electron chi connectivity index (χ4n) is 1.43. The summed E-state index contributed by atoms with van der Waals surface area (Å²) in [6.07, 6.45) is 1.66. The number of nitrogens with one attached hydrogen (secondary N) is 2. The topological polar surface area (TPSA) is 101 Å². The lowest BCUT2D eigenvalue weighted by Crippen LogP contribution is -2.42. The van der Waals surface area contributed by atoms with E-state index in [9.17, 15) is 19.7 Å². The number of benzene rings is 1. The molecular formula is C11H10IN3O4. The first kappa shape index (κ1) is 13.7. The maximum absolute atomic E-state index is 11.8. The number of nitro groups is 1. The normalized spacial score (nSPS) is 13.7. The molecule has 0 atom stereocenters. The van der Waals surface area contributed by atoms with Gasteiger partial charge in [0.1, 0.15) is 0 Å². The van der Waals surface area contributed by atoms with Gasteiger partial charge >= 0.3 is 0 Å². The van der Waals surface area contributed by atoms with Gasteiger partial charge in [-0.1, -0.05) is 0 Å². The lowest BCUT2D eigenvalue weighted by atomic mass is 10.2.